The lowest BCUT2D eigenvalue weighted by molar-refractivity contribution is -0.121. The van der Waals surface area contributed by atoms with E-state index in [4.69, 9.17) is 11.6 Å². The second-order valence-electron chi connectivity index (χ2n) is 4.31. The average Bonchev–Trinajstić information content (AvgIpc) is 2.26. The lowest BCUT2D eigenvalue weighted by atomic mass is 10.2. The Balaban J connectivity index is 3.68. The Hall–Kier alpha value is -1.30. The summed E-state index contributed by atoms with van der Waals surface area (Å²) in [6.07, 6.45) is 0.171. The SMILES string of the molecule is CC(C)CNC(=O)CCNC(=O)NC(=O)C(C)Cl. The molecule has 1 unspecified atom stereocenters. The van der Waals surface area contributed by atoms with Gasteiger partial charge in [0.05, 0.1) is 0 Å². The maximum absolute atomic E-state index is 11.3. The van der Waals surface area contributed by atoms with Crippen LogP contribution in [0.3, 0.4) is 0 Å². The Morgan fingerprint density at radius 2 is 1.72 bits per heavy atom. The number of alkyl halides is 1. The molecule has 0 aliphatic carbocycles. The van der Waals surface area contributed by atoms with Crippen molar-refractivity contribution in [2.75, 3.05) is 13.1 Å². The number of hydrogen-bond acceptors (Lipinski definition) is 3. The van der Waals surface area contributed by atoms with E-state index >= 15 is 0 Å². The van der Waals surface area contributed by atoms with Crippen molar-refractivity contribution in [3.05, 3.63) is 0 Å². The summed E-state index contributed by atoms with van der Waals surface area (Å²) in [6, 6.07) is -0.649. The van der Waals surface area contributed by atoms with Crippen LogP contribution < -0.4 is 16.0 Å². The smallest absolute Gasteiger partial charge is 0.321 e. The molecule has 18 heavy (non-hydrogen) atoms. The highest BCUT2D eigenvalue weighted by Crippen LogP contribution is 1.91. The highest BCUT2D eigenvalue weighted by molar-refractivity contribution is 6.31. The molecule has 3 N–H and O–H groups in total. The molecule has 1 atom stereocenters. The molecular formula is C11H20ClN3O3. The van der Waals surface area contributed by atoms with E-state index < -0.39 is 17.3 Å². The van der Waals surface area contributed by atoms with Crippen LogP contribution in [0.15, 0.2) is 0 Å². The summed E-state index contributed by atoms with van der Waals surface area (Å²) in [6.45, 7) is 6.21. The predicted octanol–water partition coefficient (Wildman–Crippen LogP) is 0.602. The minimum absolute atomic E-state index is 0.138. The van der Waals surface area contributed by atoms with Crippen LogP contribution in [-0.2, 0) is 9.59 Å². The van der Waals surface area contributed by atoms with Gasteiger partial charge in [-0.3, -0.25) is 14.9 Å². The first-order valence-electron chi connectivity index (χ1n) is 5.82. The van der Waals surface area contributed by atoms with Crippen LogP contribution >= 0.6 is 11.6 Å². The molecule has 0 aromatic heterocycles. The van der Waals surface area contributed by atoms with E-state index in [0.29, 0.717) is 12.5 Å². The molecule has 6 nitrogen and oxygen atoms in total. The van der Waals surface area contributed by atoms with Gasteiger partial charge in [0, 0.05) is 19.5 Å². The molecule has 0 heterocycles. The highest BCUT2D eigenvalue weighted by Gasteiger charge is 2.12. The van der Waals surface area contributed by atoms with Crippen LogP contribution in [-0.4, -0.2) is 36.3 Å². The summed E-state index contributed by atoms with van der Waals surface area (Å²) in [5, 5.41) is 6.39. The fourth-order valence-corrected chi connectivity index (χ4v) is 1.01. The molecule has 104 valence electrons. The zero-order chi connectivity index (χ0) is 14.1. The van der Waals surface area contributed by atoms with Crippen LogP contribution in [0.5, 0.6) is 0 Å². The molecule has 0 rings (SSSR count). The van der Waals surface area contributed by atoms with Crippen molar-refractivity contribution in [1.29, 1.82) is 0 Å². The van der Waals surface area contributed by atoms with Crippen molar-refractivity contribution in [3.63, 3.8) is 0 Å². The largest absolute Gasteiger partial charge is 0.356 e. The number of rotatable bonds is 6. The van der Waals surface area contributed by atoms with E-state index in [1.54, 1.807) is 0 Å². The fraction of sp³-hybridized carbons (Fsp3) is 0.727. The molecule has 0 aromatic rings. The van der Waals surface area contributed by atoms with Crippen LogP contribution in [0.2, 0.25) is 0 Å². The van der Waals surface area contributed by atoms with E-state index in [0.717, 1.165) is 0 Å². The first kappa shape index (κ1) is 16.7. The fourth-order valence-electron chi connectivity index (χ4n) is 0.951. The minimum atomic E-state index is -0.773. The first-order chi connectivity index (χ1) is 8.32. The quantitative estimate of drug-likeness (QED) is 0.622. The topological polar surface area (TPSA) is 87.3 Å². The van der Waals surface area contributed by atoms with Gasteiger partial charge in [0.2, 0.25) is 11.8 Å². The molecule has 0 saturated heterocycles. The third-order valence-corrected chi connectivity index (χ3v) is 2.14. The molecule has 4 amide bonds. The number of amides is 4. The molecule has 0 aromatic carbocycles. The summed E-state index contributed by atoms with van der Waals surface area (Å²) in [7, 11) is 0. The molecule has 0 fully saturated rings. The second-order valence-corrected chi connectivity index (χ2v) is 4.96. The van der Waals surface area contributed by atoms with Crippen LogP contribution in [0.1, 0.15) is 27.2 Å². The lowest BCUT2D eigenvalue weighted by Gasteiger charge is -2.09. The zero-order valence-corrected chi connectivity index (χ0v) is 11.6. The van der Waals surface area contributed by atoms with Gasteiger partial charge in [0.15, 0.2) is 0 Å². The number of halogens is 1. The number of carbonyl (C=O) groups is 3. The maximum Gasteiger partial charge on any atom is 0.321 e. The van der Waals surface area contributed by atoms with Gasteiger partial charge in [-0.15, -0.1) is 11.6 Å². The van der Waals surface area contributed by atoms with Crippen LogP contribution in [0.4, 0.5) is 4.79 Å². The standard InChI is InChI=1S/C11H20ClN3O3/c1-7(2)6-14-9(16)4-5-13-11(18)15-10(17)8(3)12/h7-8H,4-6H2,1-3H3,(H,14,16)(H2,13,15,17,18). The van der Waals surface area contributed by atoms with Gasteiger partial charge in [0.25, 0.3) is 0 Å². The summed E-state index contributed by atoms with van der Waals surface area (Å²) in [5.74, 6) is -0.326. The predicted molar refractivity (Wildman–Crippen MR) is 69.3 cm³/mol. The lowest BCUT2D eigenvalue weighted by Crippen LogP contribution is -2.43. The normalized spacial score (nSPS) is 11.8. The zero-order valence-electron chi connectivity index (χ0n) is 10.9. The molecular weight excluding hydrogens is 258 g/mol. The highest BCUT2D eigenvalue weighted by atomic mass is 35.5. The van der Waals surface area contributed by atoms with E-state index in [9.17, 15) is 14.4 Å². The maximum atomic E-state index is 11.3. The van der Waals surface area contributed by atoms with E-state index in [1.807, 2.05) is 13.8 Å². The van der Waals surface area contributed by atoms with Crippen molar-refractivity contribution < 1.29 is 14.4 Å². The third kappa shape index (κ3) is 8.81. The van der Waals surface area contributed by atoms with Crippen molar-refractivity contribution in [2.45, 2.75) is 32.6 Å². The van der Waals surface area contributed by atoms with Crippen molar-refractivity contribution in [1.82, 2.24) is 16.0 Å². The Morgan fingerprint density at radius 1 is 1.11 bits per heavy atom. The Bertz CT molecular complexity index is 306. The van der Waals surface area contributed by atoms with Gasteiger partial charge in [0.1, 0.15) is 5.38 Å². The summed E-state index contributed by atoms with van der Waals surface area (Å²) in [5.41, 5.74) is 0. The summed E-state index contributed by atoms with van der Waals surface area (Å²) < 4.78 is 0. The summed E-state index contributed by atoms with van der Waals surface area (Å²) in [4.78, 5) is 33.5. The Kier molecular flexibility index (Phi) is 8.11. The second kappa shape index (κ2) is 8.74. The van der Waals surface area contributed by atoms with Gasteiger partial charge >= 0.3 is 6.03 Å². The molecule has 7 heteroatoms. The molecule has 0 aliphatic rings. The average molecular weight is 278 g/mol. The molecule has 0 radical (unpaired) electrons. The third-order valence-electron chi connectivity index (χ3n) is 1.94. The first-order valence-corrected chi connectivity index (χ1v) is 6.26. The number of carbonyl (C=O) groups excluding carboxylic acids is 3. The van der Waals surface area contributed by atoms with Gasteiger partial charge in [-0.2, -0.15) is 0 Å². The number of imide groups is 1. The van der Waals surface area contributed by atoms with E-state index in [-0.39, 0.29) is 18.9 Å². The molecule has 0 bridgehead atoms. The van der Waals surface area contributed by atoms with Gasteiger partial charge < -0.3 is 10.6 Å². The molecule has 0 aliphatic heterocycles. The Labute approximate surface area is 112 Å². The van der Waals surface area contributed by atoms with Gasteiger partial charge in [-0.25, -0.2) is 4.79 Å². The minimum Gasteiger partial charge on any atom is -0.356 e. The van der Waals surface area contributed by atoms with E-state index in [1.165, 1.54) is 6.92 Å². The van der Waals surface area contributed by atoms with Crippen molar-refractivity contribution in [2.24, 2.45) is 5.92 Å². The monoisotopic (exact) mass is 277 g/mol. The van der Waals surface area contributed by atoms with Gasteiger partial charge in [-0.1, -0.05) is 13.8 Å². The van der Waals surface area contributed by atoms with Crippen molar-refractivity contribution >= 4 is 29.4 Å². The van der Waals surface area contributed by atoms with E-state index in [2.05, 4.69) is 16.0 Å². The van der Waals surface area contributed by atoms with Crippen molar-refractivity contribution in [3.8, 4) is 0 Å². The number of hydrogen-bond donors (Lipinski definition) is 3. The van der Waals surface area contributed by atoms with Crippen LogP contribution in [0.25, 0.3) is 0 Å². The summed E-state index contributed by atoms with van der Waals surface area (Å²) >= 11 is 5.47. The molecule has 0 saturated carbocycles. The number of urea groups is 1. The Morgan fingerprint density at radius 3 is 2.22 bits per heavy atom. The number of nitrogens with one attached hydrogen (secondary N) is 3. The van der Waals surface area contributed by atoms with Crippen LogP contribution in [0, 0.1) is 5.92 Å². The molecule has 0 spiro atoms. The van der Waals surface area contributed by atoms with Gasteiger partial charge in [-0.05, 0) is 12.8 Å².